The molecule has 4 aromatic rings. The zero-order valence-electron chi connectivity index (χ0n) is 16.5. The lowest BCUT2D eigenvalue weighted by molar-refractivity contribution is 0.0718. The second-order valence-electron chi connectivity index (χ2n) is 7.20. The maximum Gasteiger partial charge on any atom is 0.254 e. The molecule has 0 aliphatic carbocycles. The summed E-state index contributed by atoms with van der Waals surface area (Å²) in [7, 11) is 0. The van der Waals surface area contributed by atoms with E-state index >= 15 is 0 Å². The molecule has 3 aromatic carbocycles. The number of fused-ring (bicyclic) bond motifs is 1. The van der Waals surface area contributed by atoms with Crippen LogP contribution in [-0.4, -0.2) is 22.3 Å². The van der Waals surface area contributed by atoms with Gasteiger partial charge in [0.15, 0.2) is 0 Å². The fraction of sp³-hybridized carbons (Fsp3) is 0.160. The monoisotopic (exact) mass is 386 g/mol. The average Bonchev–Trinajstić information content (AvgIpc) is 3.16. The first kappa shape index (κ1) is 18.9. The molecule has 0 spiro atoms. The minimum Gasteiger partial charge on any atom is -0.361 e. The Labute approximate surface area is 169 Å². The van der Waals surface area contributed by atoms with Crippen LogP contribution in [0.4, 0.5) is 4.39 Å². The molecule has 4 rings (SSSR count). The molecular formula is C25H23FN2O. The van der Waals surface area contributed by atoms with Gasteiger partial charge < -0.3 is 9.88 Å². The van der Waals surface area contributed by atoms with Crippen LogP contribution in [0.15, 0.2) is 79.0 Å². The van der Waals surface area contributed by atoms with Crippen molar-refractivity contribution in [3.05, 3.63) is 107 Å². The number of carbonyl (C=O) groups is 1. The first-order chi connectivity index (χ1) is 14.1. The van der Waals surface area contributed by atoms with E-state index in [-0.39, 0.29) is 17.8 Å². The third-order valence-electron chi connectivity index (χ3n) is 5.31. The highest BCUT2D eigenvalue weighted by molar-refractivity contribution is 5.95. The summed E-state index contributed by atoms with van der Waals surface area (Å²) in [4.78, 5) is 18.6. The van der Waals surface area contributed by atoms with Crippen LogP contribution in [0.3, 0.4) is 0 Å². The zero-order valence-corrected chi connectivity index (χ0v) is 16.5. The lowest BCUT2D eigenvalue weighted by Crippen LogP contribution is -2.35. The highest BCUT2D eigenvalue weighted by Gasteiger charge is 2.28. The van der Waals surface area contributed by atoms with E-state index in [0.717, 1.165) is 22.0 Å². The first-order valence-corrected chi connectivity index (χ1v) is 9.77. The van der Waals surface area contributed by atoms with Crippen molar-refractivity contribution in [2.75, 3.05) is 6.54 Å². The smallest absolute Gasteiger partial charge is 0.254 e. The molecule has 146 valence electrons. The number of benzene rings is 3. The van der Waals surface area contributed by atoms with E-state index in [1.807, 2.05) is 43.1 Å². The van der Waals surface area contributed by atoms with Crippen LogP contribution in [-0.2, 0) is 0 Å². The van der Waals surface area contributed by atoms with Crippen molar-refractivity contribution < 1.29 is 9.18 Å². The highest BCUT2D eigenvalue weighted by Crippen LogP contribution is 2.34. The van der Waals surface area contributed by atoms with E-state index in [9.17, 15) is 9.18 Å². The number of para-hydroxylation sites is 1. The van der Waals surface area contributed by atoms with Crippen molar-refractivity contribution in [3.8, 4) is 0 Å². The molecule has 4 heteroatoms. The second-order valence-corrected chi connectivity index (χ2v) is 7.20. The molecule has 1 N–H and O–H groups in total. The Morgan fingerprint density at radius 1 is 1.00 bits per heavy atom. The Kier molecular flexibility index (Phi) is 5.17. The van der Waals surface area contributed by atoms with E-state index in [2.05, 4.69) is 35.3 Å². The van der Waals surface area contributed by atoms with Crippen molar-refractivity contribution in [2.24, 2.45) is 0 Å². The second kappa shape index (κ2) is 7.92. The van der Waals surface area contributed by atoms with Gasteiger partial charge in [0.1, 0.15) is 5.82 Å². The van der Waals surface area contributed by atoms with Crippen LogP contribution < -0.4 is 0 Å². The van der Waals surface area contributed by atoms with Crippen LogP contribution in [0.2, 0.25) is 0 Å². The normalized spacial score (nSPS) is 12.1. The van der Waals surface area contributed by atoms with Gasteiger partial charge in [0.05, 0.1) is 6.04 Å². The molecular weight excluding hydrogens is 363 g/mol. The van der Waals surface area contributed by atoms with Crippen LogP contribution >= 0.6 is 0 Å². The number of rotatable bonds is 5. The van der Waals surface area contributed by atoms with Crippen molar-refractivity contribution in [1.82, 2.24) is 9.88 Å². The Hall–Kier alpha value is -3.40. The summed E-state index contributed by atoms with van der Waals surface area (Å²) in [5.41, 5.74) is 4.76. The number of nitrogens with one attached hydrogen (secondary N) is 1. The number of amides is 1. The van der Waals surface area contributed by atoms with Crippen molar-refractivity contribution >= 4 is 16.8 Å². The van der Waals surface area contributed by atoms with Crippen LogP contribution in [0.1, 0.15) is 40.0 Å². The van der Waals surface area contributed by atoms with Crippen molar-refractivity contribution in [3.63, 3.8) is 0 Å². The number of aromatic amines is 1. The van der Waals surface area contributed by atoms with E-state index in [1.54, 1.807) is 12.1 Å². The minimum atomic E-state index is -0.351. The molecule has 0 saturated heterocycles. The summed E-state index contributed by atoms with van der Waals surface area (Å²) < 4.78 is 13.4. The number of halogens is 1. The van der Waals surface area contributed by atoms with Crippen molar-refractivity contribution in [2.45, 2.75) is 19.9 Å². The van der Waals surface area contributed by atoms with Gasteiger partial charge in [0.2, 0.25) is 0 Å². The predicted molar refractivity (Wildman–Crippen MR) is 114 cm³/mol. The molecule has 1 atom stereocenters. The fourth-order valence-electron chi connectivity index (χ4n) is 3.80. The number of nitrogens with zero attached hydrogens (tertiary/aromatic N) is 1. The number of hydrogen-bond donors (Lipinski definition) is 1. The van der Waals surface area contributed by atoms with Gasteiger partial charge in [-0.05, 0) is 49.7 Å². The third-order valence-corrected chi connectivity index (χ3v) is 5.31. The zero-order chi connectivity index (χ0) is 20.4. The maximum atomic E-state index is 13.4. The summed E-state index contributed by atoms with van der Waals surface area (Å²) in [6, 6.07) is 21.8. The lowest BCUT2D eigenvalue weighted by Gasteiger charge is -2.31. The van der Waals surface area contributed by atoms with Crippen LogP contribution in [0.25, 0.3) is 10.9 Å². The Balaban J connectivity index is 1.85. The Bertz CT molecular complexity index is 1130. The summed E-state index contributed by atoms with van der Waals surface area (Å²) >= 11 is 0. The lowest BCUT2D eigenvalue weighted by atomic mass is 9.95. The molecule has 3 nitrogen and oxygen atoms in total. The van der Waals surface area contributed by atoms with Gasteiger partial charge in [0, 0.05) is 34.8 Å². The number of carbonyl (C=O) groups excluding carboxylic acids is 1. The topological polar surface area (TPSA) is 36.1 Å². The fourth-order valence-corrected chi connectivity index (χ4v) is 3.80. The number of aromatic nitrogens is 1. The summed E-state index contributed by atoms with van der Waals surface area (Å²) in [5.74, 6) is -0.473. The largest absolute Gasteiger partial charge is 0.361 e. The molecule has 0 bridgehead atoms. The van der Waals surface area contributed by atoms with Gasteiger partial charge >= 0.3 is 0 Å². The number of H-pyrrole nitrogens is 1. The molecule has 0 fully saturated rings. The SMILES string of the molecule is CCN(C(=O)c1ccc(F)cc1)[C@H](c1ccc(C)cc1)c1c[nH]c2ccccc12. The van der Waals surface area contributed by atoms with Gasteiger partial charge in [0.25, 0.3) is 5.91 Å². The van der Waals surface area contributed by atoms with E-state index in [4.69, 9.17) is 0 Å². The molecule has 0 saturated carbocycles. The average molecular weight is 386 g/mol. The Morgan fingerprint density at radius 2 is 1.69 bits per heavy atom. The first-order valence-electron chi connectivity index (χ1n) is 9.77. The third kappa shape index (κ3) is 3.66. The summed E-state index contributed by atoms with van der Waals surface area (Å²) in [6.45, 7) is 4.54. The molecule has 1 heterocycles. The molecule has 0 aliphatic heterocycles. The molecule has 0 aliphatic rings. The van der Waals surface area contributed by atoms with Crippen molar-refractivity contribution in [1.29, 1.82) is 0 Å². The Morgan fingerprint density at radius 3 is 2.38 bits per heavy atom. The quantitative estimate of drug-likeness (QED) is 0.458. The molecule has 1 amide bonds. The van der Waals surface area contributed by atoms with E-state index in [0.29, 0.717) is 12.1 Å². The summed E-state index contributed by atoms with van der Waals surface area (Å²) in [6.07, 6.45) is 1.98. The standard InChI is InChI=1S/C25H23FN2O/c1-3-28(25(29)19-12-14-20(26)15-13-19)24(18-10-8-17(2)9-11-18)22-16-27-23-7-5-4-6-21(22)23/h4-16,24,27H,3H2,1-2H3/t24-/m1/s1. The molecule has 29 heavy (non-hydrogen) atoms. The number of hydrogen-bond acceptors (Lipinski definition) is 1. The summed E-state index contributed by atoms with van der Waals surface area (Å²) in [5, 5.41) is 1.09. The highest BCUT2D eigenvalue weighted by atomic mass is 19.1. The van der Waals surface area contributed by atoms with Gasteiger partial charge in [-0.3, -0.25) is 4.79 Å². The maximum absolute atomic E-state index is 13.4. The van der Waals surface area contributed by atoms with Gasteiger partial charge in [-0.25, -0.2) is 4.39 Å². The predicted octanol–water partition coefficient (Wildman–Crippen LogP) is 5.87. The van der Waals surface area contributed by atoms with Crippen LogP contribution in [0.5, 0.6) is 0 Å². The molecule has 0 unspecified atom stereocenters. The van der Waals surface area contributed by atoms with E-state index < -0.39 is 0 Å². The van der Waals surface area contributed by atoms with E-state index in [1.165, 1.54) is 17.7 Å². The van der Waals surface area contributed by atoms with Gasteiger partial charge in [-0.15, -0.1) is 0 Å². The van der Waals surface area contributed by atoms with Gasteiger partial charge in [-0.1, -0.05) is 48.0 Å². The number of aryl methyl sites for hydroxylation is 1. The van der Waals surface area contributed by atoms with Crippen LogP contribution in [0, 0.1) is 12.7 Å². The molecule has 1 aromatic heterocycles. The molecule has 0 radical (unpaired) electrons. The minimum absolute atomic E-state index is 0.122. The van der Waals surface area contributed by atoms with Gasteiger partial charge in [-0.2, -0.15) is 0 Å².